The Hall–Kier alpha value is -3.55. The van der Waals surface area contributed by atoms with Crippen LogP contribution >= 0.6 is 0 Å². The Morgan fingerprint density at radius 3 is 2.62 bits per heavy atom. The highest BCUT2D eigenvalue weighted by Crippen LogP contribution is 2.21. The second kappa shape index (κ2) is 8.22. The van der Waals surface area contributed by atoms with E-state index in [0.29, 0.717) is 23.4 Å². The number of aryl methyl sites for hydroxylation is 2. The highest BCUT2D eigenvalue weighted by Gasteiger charge is 2.18. The van der Waals surface area contributed by atoms with Gasteiger partial charge in [-0.25, -0.2) is 8.78 Å². The topological polar surface area (TPSA) is 78.1 Å². The quantitative estimate of drug-likeness (QED) is 0.686. The molecule has 0 fully saturated rings. The minimum absolute atomic E-state index is 0.252. The zero-order chi connectivity index (χ0) is 21.1. The van der Waals surface area contributed by atoms with Crippen LogP contribution in [0.5, 0.6) is 0 Å². The molecule has 0 saturated heterocycles. The lowest BCUT2D eigenvalue weighted by atomic mass is 10.1. The van der Waals surface area contributed by atoms with Gasteiger partial charge in [-0.1, -0.05) is 12.1 Å². The number of aromatic nitrogens is 2. The standard InChI is InChI=1S/C21H20F2N4O2/c1-12-7-8-14(21(29)27(3)11-15-10-24-26-13(15)2)9-18(12)25-20(28)16-5-4-6-17(22)19(16)23/h4-10H,11H2,1-3H3,(H,24,26)(H,25,28). The lowest BCUT2D eigenvalue weighted by molar-refractivity contribution is 0.0784. The Morgan fingerprint density at radius 1 is 1.17 bits per heavy atom. The van der Waals surface area contributed by atoms with Crippen LogP contribution < -0.4 is 5.32 Å². The van der Waals surface area contributed by atoms with Gasteiger partial charge in [0.1, 0.15) is 0 Å². The van der Waals surface area contributed by atoms with Gasteiger partial charge in [0.15, 0.2) is 11.6 Å². The van der Waals surface area contributed by atoms with Crippen molar-refractivity contribution in [2.24, 2.45) is 0 Å². The van der Waals surface area contributed by atoms with Gasteiger partial charge in [0, 0.05) is 36.1 Å². The molecular weight excluding hydrogens is 378 g/mol. The molecule has 0 aliphatic carbocycles. The van der Waals surface area contributed by atoms with Crippen molar-refractivity contribution >= 4 is 17.5 Å². The van der Waals surface area contributed by atoms with E-state index in [0.717, 1.165) is 17.3 Å². The zero-order valence-corrected chi connectivity index (χ0v) is 16.2. The number of aromatic amines is 1. The predicted molar refractivity (Wildman–Crippen MR) is 105 cm³/mol. The summed E-state index contributed by atoms with van der Waals surface area (Å²) < 4.78 is 27.3. The summed E-state index contributed by atoms with van der Waals surface area (Å²) in [6.45, 7) is 3.97. The molecule has 0 unspecified atom stereocenters. The number of H-pyrrole nitrogens is 1. The number of rotatable bonds is 5. The minimum atomic E-state index is -1.22. The first-order valence-corrected chi connectivity index (χ1v) is 8.88. The predicted octanol–water partition coefficient (Wildman–Crippen LogP) is 3.83. The van der Waals surface area contributed by atoms with Gasteiger partial charge < -0.3 is 10.2 Å². The van der Waals surface area contributed by atoms with Crippen LogP contribution in [0.3, 0.4) is 0 Å². The van der Waals surface area contributed by atoms with Gasteiger partial charge in [-0.3, -0.25) is 14.7 Å². The summed E-state index contributed by atoms with van der Waals surface area (Å²) in [5.41, 5.74) is 2.74. The van der Waals surface area contributed by atoms with E-state index < -0.39 is 23.1 Å². The second-order valence-electron chi connectivity index (χ2n) is 6.77. The average molecular weight is 398 g/mol. The molecule has 0 radical (unpaired) electrons. The summed E-state index contributed by atoms with van der Waals surface area (Å²) in [6.07, 6.45) is 1.66. The molecule has 29 heavy (non-hydrogen) atoms. The molecule has 0 aliphatic heterocycles. The molecule has 8 heteroatoms. The Labute approximate surface area is 166 Å². The molecule has 0 saturated carbocycles. The second-order valence-corrected chi connectivity index (χ2v) is 6.77. The number of hydrogen-bond donors (Lipinski definition) is 2. The first kappa shape index (κ1) is 20.2. The summed E-state index contributed by atoms with van der Waals surface area (Å²) in [6, 6.07) is 8.24. The smallest absolute Gasteiger partial charge is 0.258 e. The molecule has 6 nitrogen and oxygen atoms in total. The van der Waals surface area contributed by atoms with Crippen LogP contribution in [0.15, 0.2) is 42.6 Å². The summed E-state index contributed by atoms with van der Waals surface area (Å²) in [4.78, 5) is 26.7. The number of nitrogens with one attached hydrogen (secondary N) is 2. The number of anilines is 1. The number of halogens is 2. The first-order valence-electron chi connectivity index (χ1n) is 8.88. The third-order valence-corrected chi connectivity index (χ3v) is 4.62. The molecule has 1 heterocycles. The van der Waals surface area contributed by atoms with Crippen LogP contribution in [0.1, 0.15) is 37.5 Å². The van der Waals surface area contributed by atoms with Crippen molar-refractivity contribution in [2.45, 2.75) is 20.4 Å². The molecule has 2 aromatic carbocycles. The highest BCUT2D eigenvalue weighted by atomic mass is 19.2. The largest absolute Gasteiger partial charge is 0.337 e. The van der Waals surface area contributed by atoms with Crippen molar-refractivity contribution < 1.29 is 18.4 Å². The van der Waals surface area contributed by atoms with Crippen LogP contribution in [0.25, 0.3) is 0 Å². The summed E-state index contributed by atoms with van der Waals surface area (Å²) in [5.74, 6) is -3.37. The van der Waals surface area contributed by atoms with E-state index in [1.54, 1.807) is 32.3 Å². The van der Waals surface area contributed by atoms with Crippen LogP contribution in [-0.2, 0) is 6.54 Å². The molecule has 2 N–H and O–H groups in total. The monoisotopic (exact) mass is 398 g/mol. The highest BCUT2D eigenvalue weighted by molar-refractivity contribution is 6.05. The fourth-order valence-corrected chi connectivity index (χ4v) is 2.84. The van der Waals surface area contributed by atoms with Crippen molar-refractivity contribution in [3.63, 3.8) is 0 Å². The molecule has 0 atom stereocenters. The molecule has 0 spiro atoms. The van der Waals surface area contributed by atoms with Crippen LogP contribution in [0, 0.1) is 25.5 Å². The fraction of sp³-hybridized carbons (Fsp3) is 0.190. The van der Waals surface area contributed by atoms with Crippen LogP contribution in [0.2, 0.25) is 0 Å². The van der Waals surface area contributed by atoms with Crippen molar-refractivity contribution in [2.75, 3.05) is 12.4 Å². The molecular formula is C21H20F2N4O2. The van der Waals surface area contributed by atoms with E-state index in [2.05, 4.69) is 15.5 Å². The summed E-state index contributed by atoms with van der Waals surface area (Å²) in [5, 5.41) is 9.31. The number of benzene rings is 2. The van der Waals surface area contributed by atoms with E-state index >= 15 is 0 Å². The maximum absolute atomic E-state index is 13.9. The number of carbonyl (C=O) groups excluding carboxylic acids is 2. The van der Waals surface area contributed by atoms with Gasteiger partial charge in [-0.05, 0) is 43.7 Å². The van der Waals surface area contributed by atoms with Crippen LogP contribution in [0.4, 0.5) is 14.5 Å². The Kier molecular flexibility index (Phi) is 5.72. The lowest BCUT2D eigenvalue weighted by Gasteiger charge is -2.18. The maximum atomic E-state index is 13.9. The number of carbonyl (C=O) groups is 2. The van der Waals surface area contributed by atoms with E-state index in [1.807, 2.05) is 6.92 Å². The third-order valence-electron chi connectivity index (χ3n) is 4.62. The Bertz CT molecular complexity index is 1080. The van der Waals surface area contributed by atoms with Gasteiger partial charge in [-0.2, -0.15) is 5.10 Å². The van der Waals surface area contributed by atoms with Gasteiger partial charge in [0.2, 0.25) is 0 Å². The van der Waals surface area contributed by atoms with Crippen molar-refractivity contribution in [1.29, 1.82) is 0 Å². The normalized spacial score (nSPS) is 10.7. The SMILES string of the molecule is Cc1ccc(C(=O)N(C)Cc2cn[nH]c2C)cc1NC(=O)c1cccc(F)c1F. The van der Waals surface area contributed by atoms with E-state index in [9.17, 15) is 18.4 Å². The summed E-state index contributed by atoms with van der Waals surface area (Å²) in [7, 11) is 1.66. The van der Waals surface area contributed by atoms with Gasteiger partial charge in [0.05, 0.1) is 11.8 Å². The van der Waals surface area contributed by atoms with Gasteiger partial charge in [-0.15, -0.1) is 0 Å². The van der Waals surface area contributed by atoms with Crippen molar-refractivity contribution in [3.8, 4) is 0 Å². The minimum Gasteiger partial charge on any atom is -0.337 e. The first-order chi connectivity index (χ1) is 13.8. The van der Waals surface area contributed by atoms with Crippen molar-refractivity contribution in [3.05, 3.63) is 82.2 Å². The number of hydrogen-bond acceptors (Lipinski definition) is 3. The van der Waals surface area contributed by atoms with Gasteiger partial charge in [0.25, 0.3) is 11.8 Å². The maximum Gasteiger partial charge on any atom is 0.258 e. The van der Waals surface area contributed by atoms with Gasteiger partial charge >= 0.3 is 0 Å². The van der Waals surface area contributed by atoms with Crippen LogP contribution in [-0.4, -0.2) is 34.0 Å². The molecule has 150 valence electrons. The average Bonchev–Trinajstić information content (AvgIpc) is 3.09. The lowest BCUT2D eigenvalue weighted by Crippen LogP contribution is -2.26. The van der Waals surface area contributed by atoms with E-state index in [1.165, 1.54) is 23.1 Å². The Balaban J connectivity index is 1.80. The molecule has 0 aliphatic rings. The third kappa shape index (κ3) is 4.31. The molecule has 2 amide bonds. The fourth-order valence-electron chi connectivity index (χ4n) is 2.84. The zero-order valence-electron chi connectivity index (χ0n) is 16.2. The Morgan fingerprint density at radius 2 is 1.93 bits per heavy atom. The van der Waals surface area contributed by atoms with Crippen molar-refractivity contribution in [1.82, 2.24) is 15.1 Å². The molecule has 3 aromatic rings. The molecule has 3 rings (SSSR count). The molecule has 0 bridgehead atoms. The molecule has 1 aromatic heterocycles. The number of amides is 2. The van der Waals surface area contributed by atoms with E-state index in [-0.39, 0.29) is 5.91 Å². The number of nitrogens with zero attached hydrogens (tertiary/aromatic N) is 2. The van der Waals surface area contributed by atoms with E-state index in [4.69, 9.17) is 0 Å². The summed E-state index contributed by atoms with van der Waals surface area (Å²) >= 11 is 0.